The van der Waals surface area contributed by atoms with Crippen LogP contribution in [0.25, 0.3) is 0 Å². The van der Waals surface area contributed by atoms with Gasteiger partial charge in [-0.25, -0.2) is 0 Å². The van der Waals surface area contributed by atoms with Gasteiger partial charge in [-0.2, -0.15) is 0 Å². The summed E-state index contributed by atoms with van der Waals surface area (Å²) in [5, 5.41) is 10.3. The highest BCUT2D eigenvalue weighted by Crippen LogP contribution is 2.56. The van der Waals surface area contributed by atoms with E-state index in [1.54, 1.807) is 12.1 Å². The second kappa shape index (κ2) is 4.15. The van der Waals surface area contributed by atoms with Gasteiger partial charge in [0.25, 0.3) is 0 Å². The molecule has 0 radical (unpaired) electrons. The quantitative estimate of drug-likeness (QED) is 0.853. The van der Waals surface area contributed by atoms with E-state index in [9.17, 15) is 13.9 Å². The van der Waals surface area contributed by atoms with Crippen LogP contribution < -0.4 is 0 Å². The van der Waals surface area contributed by atoms with Gasteiger partial charge in [0, 0.05) is 4.90 Å². The van der Waals surface area contributed by atoms with E-state index < -0.39 is 16.7 Å². The second-order valence-electron chi connectivity index (χ2n) is 5.74. The highest BCUT2D eigenvalue weighted by atomic mass is 32.2. The summed E-state index contributed by atoms with van der Waals surface area (Å²) in [6.45, 7) is 1.94. The molecule has 0 spiro atoms. The topological polar surface area (TPSA) is 60.4 Å². The van der Waals surface area contributed by atoms with Crippen molar-refractivity contribution < 1.29 is 13.9 Å². The fourth-order valence-electron chi connectivity index (χ4n) is 3.18. The molecule has 0 heterocycles. The zero-order valence-electron chi connectivity index (χ0n) is 10.4. The van der Waals surface area contributed by atoms with Crippen molar-refractivity contribution in [1.82, 2.24) is 0 Å². The molecule has 2 saturated carbocycles. The van der Waals surface area contributed by atoms with E-state index in [0.29, 0.717) is 16.7 Å². The Balaban J connectivity index is 1.76. The highest BCUT2D eigenvalue weighted by molar-refractivity contribution is 7.79. The number of hydrogen-bond acceptors (Lipinski definition) is 3. The molecule has 1 unspecified atom stereocenters. The summed E-state index contributed by atoms with van der Waals surface area (Å²) in [6.07, 6.45) is 3.99. The lowest BCUT2D eigenvalue weighted by Crippen LogP contribution is -2.44. The SMILES string of the molecule is Cc1cc(S(=O)[O-])ccc1C1CC(O)(C2CC2)C1. The van der Waals surface area contributed by atoms with Crippen LogP contribution in [-0.4, -0.2) is 19.5 Å². The van der Waals surface area contributed by atoms with Crippen molar-refractivity contribution >= 4 is 11.1 Å². The van der Waals surface area contributed by atoms with E-state index in [4.69, 9.17) is 0 Å². The third-order valence-electron chi connectivity index (χ3n) is 4.41. The molecule has 1 aromatic rings. The Morgan fingerprint density at radius 1 is 1.39 bits per heavy atom. The van der Waals surface area contributed by atoms with E-state index in [2.05, 4.69) is 0 Å². The summed E-state index contributed by atoms with van der Waals surface area (Å²) in [7, 11) is 0. The molecule has 2 aliphatic rings. The van der Waals surface area contributed by atoms with Crippen LogP contribution in [0.3, 0.4) is 0 Å². The first-order valence-corrected chi connectivity index (χ1v) is 7.49. The maximum absolute atomic E-state index is 10.9. The summed E-state index contributed by atoms with van der Waals surface area (Å²) < 4.78 is 21.8. The van der Waals surface area contributed by atoms with Crippen LogP contribution >= 0.6 is 0 Å². The maximum atomic E-state index is 10.9. The highest BCUT2D eigenvalue weighted by Gasteiger charge is 2.52. The lowest BCUT2D eigenvalue weighted by atomic mass is 9.65. The first kappa shape index (κ1) is 12.3. The third kappa shape index (κ3) is 2.02. The Labute approximate surface area is 110 Å². The summed E-state index contributed by atoms with van der Waals surface area (Å²) >= 11 is -2.16. The zero-order valence-corrected chi connectivity index (χ0v) is 11.2. The first-order chi connectivity index (χ1) is 8.49. The number of benzene rings is 1. The van der Waals surface area contributed by atoms with Crippen molar-refractivity contribution in [3.05, 3.63) is 29.3 Å². The Morgan fingerprint density at radius 3 is 2.56 bits per heavy atom. The van der Waals surface area contributed by atoms with Crippen molar-refractivity contribution in [3.63, 3.8) is 0 Å². The van der Waals surface area contributed by atoms with Crippen molar-refractivity contribution in [3.8, 4) is 0 Å². The number of aliphatic hydroxyl groups is 1. The van der Waals surface area contributed by atoms with Gasteiger partial charge in [-0.1, -0.05) is 6.07 Å². The third-order valence-corrected chi connectivity index (χ3v) is 5.05. The van der Waals surface area contributed by atoms with Crippen LogP contribution in [0.5, 0.6) is 0 Å². The van der Waals surface area contributed by atoms with Gasteiger partial charge in [-0.3, -0.25) is 4.21 Å². The van der Waals surface area contributed by atoms with Crippen LogP contribution in [0.15, 0.2) is 23.1 Å². The average Bonchev–Trinajstić information content (AvgIpc) is 3.09. The van der Waals surface area contributed by atoms with Crippen LogP contribution in [0.4, 0.5) is 0 Å². The molecule has 98 valence electrons. The predicted octanol–water partition coefficient (Wildman–Crippen LogP) is 2.25. The number of hydrogen-bond donors (Lipinski definition) is 1. The van der Waals surface area contributed by atoms with Crippen LogP contribution in [0, 0.1) is 12.8 Å². The molecule has 18 heavy (non-hydrogen) atoms. The number of aryl methyl sites for hydroxylation is 1. The molecular weight excluding hydrogens is 248 g/mol. The van der Waals surface area contributed by atoms with E-state index in [1.807, 2.05) is 13.0 Å². The standard InChI is InChI=1S/C14H18O3S/c1-9-6-12(18(16)17)4-5-13(9)10-7-14(15,8-10)11-2-3-11/h4-6,10-11,15H,2-3,7-8H2,1H3,(H,16,17)/p-1. The van der Waals surface area contributed by atoms with Gasteiger partial charge >= 0.3 is 0 Å². The molecule has 2 fully saturated rings. The summed E-state index contributed by atoms with van der Waals surface area (Å²) in [5.74, 6) is 0.909. The Hall–Kier alpha value is -0.710. The van der Waals surface area contributed by atoms with Crippen LogP contribution in [0.1, 0.15) is 42.7 Å². The van der Waals surface area contributed by atoms with E-state index >= 15 is 0 Å². The van der Waals surface area contributed by atoms with E-state index in [0.717, 1.165) is 31.2 Å². The molecular formula is C14H17O3S-. The molecule has 2 aliphatic carbocycles. The maximum Gasteiger partial charge on any atom is 0.0687 e. The fraction of sp³-hybridized carbons (Fsp3) is 0.571. The van der Waals surface area contributed by atoms with Crippen molar-refractivity contribution in [2.24, 2.45) is 5.92 Å². The molecule has 0 bridgehead atoms. The molecule has 1 aromatic carbocycles. The molecule has 1 atom stereocenters. The van der Waals surface area contributed by atoms with Crippen LogP contribution in [0.2, 0.25) is 0 Å². The van der Waals surface area contributed by atoms with Gasteiger partial charge in [0.1, 0.15) is 0 Å². The summed E-state index contributed by atoms with van der Waals surface area (Å²) in [6, 6.07) is 5.27. The smallest absolute Gasteiger partial charge is 0.0687 e. The monoisotopic (exact) mass is 265 g/mol. The normalized spacial score (nSPS) is 32.9. The van der Waals surface area contributed by atoms with Gasteiger partial charge in [-0.05, 0) is 78.8 Å². The minimum atomic E-state index is -2.16. The van der Waals surface area contributed by atoms with Crippen molar-refractivity contribution in [1.29, 1.82) is 0 Å². The van der Waals surface area contributed by atoms with Gasteiger partial charge < -0.3 is 9.66 Å². The molecule has 3 nitrogen and oxygen atoms in total. The lowest BCUT2D eigenvalue weighted by Gasteiger charge is -2.45. The van der Waals surface area contributed by atoms with Crippen molar-refractivity contribution in [2.45, 2.75) is 49.0 Å². The lowest BCUT2D eigenvalue weighted by molar-refractivity contribution is -0.0680. The minimum absolute atomic E-state index is 0.341. The molecule has 0 saturated heterocycles. The number of rotatable bonds is 3. The molecule has 4 heteroatoms. The Bertz CT molecular complexity index is 502. The molecule has 0 aliphatic heterocycles. The first-order valence-electron chi connectivity index (χ1n) is 6.42. The fourth-order valence-corrected chi connectivity index (χ4v) is 3.63. The summed E-state index contributed by atoms with van der Waals surface area (Å²) in [5.41, 5.74) is 1.77. The van der Waals surface area contributed by atoms with Crippen LogP contribution in [-0.2, 0) is 11.1 Å². The van der Waals surface area contributed by atoms with Gasteiger partial charge in [0.2, 0.25) is 0 Å². The molecule has 3 rings (SSSR count). The zero-order chi connectivity index (χ0) is 12.9. The molecule has 1 N–H and O–H groups in total. The van der Waals surface area contributed by atoms with Crippen molar-refractivity contribution in [2.75, 3.05) is 0 Å². The van der Waals surface area contributed by atoms with Gasteiger partial charge in [0.05, 0.1) is 5.60 Å². The van der Waals surface area contributed by atoms with Gasteiger partial charge in [0.15, 0.2) is 0 Å². The van der Waals surface area contributed by atoms with E-state index in [-0.39, 0.29) is 0 Å². The van der Waals surface area contributed by atoms with Gasteiger partial charge in [-0.15, -0.1) is 0 Å². The molecule has 0 amide bonds. The van der Waals surface area contributed by atoms with E-state index in [1.165, 1.54) is 5.56 Å². The Kier molecular flexibility index (Phi) is 2.84. The molecule has 0 aromatic heterocycles. The minimum Gasteiger partial charge on any atom is -0.768 e. The average molecular weight is 265 g/mol. The Morgan fingerprint density at radius 2 is 2.06 bits per heavy atom. The second-order valence-corrected chi connectivity index (χ2v) is 6.68. The largest absolute Gasteiger partial charge is 0.768 e. The summed E-state index contributed by atoms with van der Waals surface area (Å²) in [4.78, 5) is 0.341. The predicted molar refractivity (Wildman–Crippen MR) is 68.0 cm³/mol.